The first-order valence-electron chi connectivity index (χ1n) is 8.05. The molecule has 3 rings (SSSR count). The maximum Gasteiger partial charge on any atom is 0.147 e. The van der Waals surface area contributed by atoms with Crippen molar-refractivity contribution in [2.24, 2.45) is 5.92 Å². The van der Waals surface area contributed by atoms with Crippen LogP contribution in [-0.4, -0.2) is 37.9 Å². The van der Waals surface area contributed by atoms with Crippen molar-refractivity contribution in [1.82, 2.24) is 24.8 Å². The van der Waals surface area contributed by atoms with Gasteiger partial charge in [-0.2, -0.15) is 5.10 Å². The van der Waals surface area contributed by atoms with Crippen molar-refractivity contribution in [2.45, 2.75) is 53.6 Å². The van der Waals surface area contributed by atoms with Gasteiger partial charge in [0.05, 0.1) is 5.69 Å². The Hall–Kier alpha value is -1.69. The zero-order chi connectivity index (χ0) is 15.7. The van der Waals surface area contributed by atoms with Gasteiger partial charge in [0.2, 0.25) is 0 Å². The summed E-state index contributed by atoms with van der Waals surface area (Å²) in [6.07, 6.45) is 2.50. The number of likely N-dealkylation sites (tertiary alicyclic amines) is 1. The molecule has 1 atom stereocenters. The third kappa shape index (κ3) is 3.21. The summed E-state index contributed by atoms with van der Waals surface area (Å²) in [5.74, 6) is 3.46. The zero-order valence-corrected chi connectivity index (χ0v) is 14.0. The number of nitrogens with zero attached hydrogens (tertiary/aromatic N) is 5. The van der Waals surface area contributed by atoms with Gasteiger partial charge in [-0.1, -0.05) is 5.16 Å². The highest BCUT2D eigenvalue weighted by atomic mass is 16.5. The lowest BCUT2D eigenvalue weighted by atomic mass is 9.97. The fourth-order valence-corrected chi connectivity index (χ4v) is 3.37. The first-order chi connectivity index (χ1) is 10.5. The molecule has 1 aliphatic rings. The molecule has 120 valence electrons. The van der Waals surface area contributed by atoms with E-state index in [1.54, 1.807) is 0 Å². The maximum absolute atomic E-state index is 5.28. The number of hydrogen-bond donors (Lipinski definition) is 0. The molecule has 0 radical (unpaired) electrons. The Morgan fingerprint density at radius 3 is 2.68 bits per heavy atom. The fourth-order valence-electron chi connectivity index (χ4n) is 3.37. The first kappa shape index (κ1) is 15.2. The Labute approximate surface area is 131 Å². The minimum absolute atomic E-state index is 0.633. The summed E-state index contributed by atoms with van der Waals surface area (Å²) in [7, 11) is 0. The van der Waals surface area contributed by atoms with E-state index >= 15 is 0 Å². The van der Waals surface area contributed by atoms with Crippen LogP contribution in [0.5, 0.6) is 0 Å². The molecule has 22 heavy (non-hydrogen) atoms. The molecule has 1 saturated heterocycles. The van der Waals surface area contributed by atoms with Crippen LogP contribution in [-0.2, 0) is 13.1 Å². The van der Waals surface area contributed by atoms with Crippen molar-refractivity contribution in [2.75, 3.05) is 13.1 Å². The summed E-state index contributed by atoms with van der Waals surface area (Å²) < 4.78 is 7.33. The average molecular weight is 303 g/mol. The van der Waals surface area contributed by atoms with Crippen LogP contribution in [0.2, 0.25) is 0 Å². The highest BCUT2D eigenvalue weighted by Crippen LogP contribution is 2.22. The molecule has 0 bridgehead atoms. The molecule has 0 amide bonds. The highest BCUT2D eigenvalue weighted by Gasteiger charge is 2.23. The van der Waals surface area contributed by atoms with Crippen LogP contribution in [0.3, 0.4) is 0 Å². The highest BCUT2D eigenvalue weighted by molar-refractivity contribution is 5.20. The lowest BCUT2D eigenvalue weighted by Crippen LogP contribution is -2.37. The van der Waals surface area contributed by atoms with Crippen LogP contribution >= 0.6 is 0 Å². The Morgan fingerprint density at radius 2 is 2.05 bits per heavy atom. The largest absolute Gasteiger partial charge is 0.361 e. The second-order valence-corrected chi connectivity index (χ2v) is 6.43. The lowest BCUT2D eigenvalue weighted by molar-refractivity contribution is 0.152. The van der Waals surface area contributed by atoms with E-state index < -0.39 is 0 Å². The number of hydrogen-bond acceptors (Lipinski definition) is 5. The number of aryl methyl sites for hydroxylation is 4. The van der Waals surface area contributed by atoms with E-state index in [-0.39, 0.29) is 0 Å². The van der Waals surface area contributed by atoms with E-state index in [4.69, 9.17) is 4.52 Å². The third-order valence-electron chi connectivity index (χ3n) is 4.56. The molecule has 0 saturated carbocycles. The summed E-state index contributed by atoms with van der Waals surface area (Å²) in [6.45, 7) is 12.2. The summed E-state index contributed by atoms with van der Waals surface area (Å²) in [5.41, 5.74) is 2.26. The van der Waals surface area contributed by atoms with Gasteiger partial charge >= 0.3 is 0 Å². The van der Waals surface area contributed by atoms with Gasteiger partial charge in [0.25, 0.3) is 0 Å². The number of rotatable bonds is 4. The van der Waals surface area contributed by atoms with Gasteiger partial charge in [-0.25, -0.2) is 9.67 Å². The van der Waals surface area contributed by atoms with Crippen molar-refractivity contribution < 1.29 is 4.52 Å². The Bertz CT molecular complexity index is 626. The first-order valence-corrected chi connectivity index (χ1v) is 8.05. The van der Waals surface area contributed by atoms with Crippen LogP contribution in [0.25, 0.3) is 0 Å². The van der Waals surface area contributed by atoms with Gasteiger partial charge in [-0.05, 0) is 53.0 Å². The van der Waals surface area contributed by atoms with Gasteiger partial charge in [0, 0.05) is 25.2 Å². The minimum Gasteiger partial charge on any atom is -0.361 e. The zero-order valence-electron chi connectivity index (χ0n) is 14.0. The molecule has 0 spiro atoms. The van der Waals surface area contributed by atoms with Crippen LogP contribution in [0.4, 0.5) is 0 Å². The van der Waals surface area contributed by atoms with E-state index in [1.807, 2.05) is 27.7 Å². The number of piperidine rings is 1. The molecule has 3 heterocycles. The minimum atomic E-state index is 0.633. The molecular formula is C16H25N5O. The number of aromatic nitrogens is 4. The van der Waals surface area contributed by atoms with E-state index in [2.05, 4.69) is 24.8 Å². The molecule has 1 fully saturated rings. The molecule has 0 aromatic carbocycles. The van der Waals surface area contributed by atoms with Crippen LogP contribution < -0.4 is 0 Å². The summed E-state index contributed by atoms with van der Waals surface area (Å²) in [5, 5.41) is 8.55. The van der Waals surface area contributed by atoms with Crippen molar-refractivity contribution in [3.63, 3.8) is 0 Å². The third-order valence-corrected chi connectivity index (χ3v) is 4.56. The van der Waals surface area contributed by atoms with Gasteiger partial charge in [0.1, 0.15) is 17.4 Å². The molecule has 2 aromatic rings. The molecule has 6 nitrogen and oxygen atoms in total. The van der Waals surface area contributed by atoms with Gasteiger partial charge in [0.15, 0.2) is 0 Å². The second-order valence-electron chi connectivity index (χ2n) is 6.43. The predicted molar refractivity (Wildman–Crippen MR) is 83.5 cm³/mol. The summed E-state index contributed by atoms with van der Waals surface area (Å²) in [4.78, 5) is 6.91. The van der Waals surface area contributed by atoms with Gasteiger partial charge in [-0.3, -0.25) is 4.90 Å². The van der Waals surface area contributed by atoms with Crippen LogP contribution in [0.1, 0.15) is 41.5 Å². The Kier molecular flexibility index (Phi) is 4.29. The standard InChI is InChI=1S/C16H25N5O/c1-11-16(12(2)22-19-11)10-20-7-5-6-15(8-20)9-21-14(4)17-13(3)18-21/h15H,5-10H2,1-4H3/t15-/m0/s1. The molecule has 0 unspecified atom stereocenters. The average Bonchev–Trinajstić information content (AvgIpc) is 2.95. The van der Waals surface area contributed by atoms with Crippen molar-refractivity contribution in [1.29, 1.82) is 0 Å². The van der Waals surface area contributed by atoms with Gasteiger partial charge in [-0.15, -0.1) is 0 Å². The second kappa shape index (κ2) is 6.20. The topological polar surface area (TPSA) is 60.0 Å². The fraction of sp³-hybridized carbons (Fsp3) is 0.688. The smallest absolute Gasteiger partial charge is 0.147 e. The molecule has 2 aromatic heterocycles. The van der Waals surface area contributed by atoms with Crippen molar-refractivity contribution in [3.05, 3.63) is 28.7 Å². The van der Waals surface area contributed by atoms with Gasteiger partial charge < -0.3 is 4.52 Å². The normalized spacial score (nSPS) is 19.7. The van der Waals surface area contributed by atoms with Crippen LogP contribution in [0.15, 0.2) is 4.52 Å². The van der Waals surface area contributed by atoms with Crippen molar-refractivity contribution >= 4 is 0 Å². The molecule has 0 aliphatic carbocycles. The molecule has 6 heteroatoms. The maximum atomic E-state index is 5.28. The van der Waals surface area contributed by atoms with E-state index in [9.17, 15) is 0 Å². The Morgan fingerprint density at radius 1 is 1.23 bits per heavy atom. The summed E-state index contributed by atoms with van der Waals surface area (Å²) >= 11 is 0. The van der Waals surface area contributed by atoms with E-state index in [1.165, 1.54) is 18.4 Å². The molecular weight excluding hydrogens is 278 g/mol. The van der Waals surface area contributed by atoms with E-state index in [0.29, 0.717) is 5.92 Å². The molecule has 1 aliphatic heterocycles. The van der Waals surface area contributed by atoms with Crippen molar-refractivity contribution in [3.8, 4) is 0 Å². The predicted octanol–water partition coefficient (Wildman–Crippen LogP) is 2.41. The molecule has 0 N–H and O–H groups in total. The summed E-state index contributed by atoms with van der Waals surface area (Å²) in [6, 6.07) is 0. The Balaban J connectivity index is 1.63. The lowest BCUT2D eigenvalue weighted by Gasteiger charge is -2.32. The quantitative estimate of drug-likeness (QED) is 0.868. The van der Waals surface area contributed by atoms with Crippen LogP contribution in [0, 0.1) is 33.6 Å². The SMILES string of the molecule is Cc1nc(C)n(C[C@H]2CCCN(Cc3c(C)noc3C)C2)n1. The van der Waals surface area contributed by atoms with E-state index in [0.717, 1.165) is 49.3 Å². The monoisotopic (exact) mass is 303 g/mol.